The Labute approximate surface area is 99.2 Å². The van der Waals surface area contributed by atoms with Crippen molar-refractivity contribution in [2.45, 2.75) is 26.8 Å². The maximum Gasteiger partial charge on any atom is 0.148 e. The highest BCUT2D eigenvalue weighted by molar-refractivity contribution is 5.38. The predicted molar refractivity (Wildman–Crippen MR) is 63.4 cm³/mol. The number of aromatic nitrogens is 3. The third-order valence-corrected chi connectivity index (χ3v) is 2.69. The molecule has 0 spiro atoms. The fraction of sp³-hybridized carbons (Fsp3) is 0.333. The Morgan fingerprint density at radius 1 is 1.35 bits per heavy atom. The van der Waals surface area contributed by atoms with Gasteiger partial charge in [0.25, 0.3) is 0 Å². The van der Waals surface area contributed by atoms with Crippen molar-refractivity contribution in [3.8, 4) is 5.69 Å². The van der Waals surface area contributed by atoms with Crippen molar-refractivity contribution >= 4 is 0 Å². The predicted octanol–water partition coefficient (Wildman–Crippen LogP) is 2.04. The van der Waals surface area contributed by atoms with Gasteiger partial charge in [0, 0.05) is 6.04 Å². The van der Waals surface area contributed by atoms with Gasteiger partial charge in [-0.25, -0.2) is 9.07 Å². The summed E-state index contributed by atoms with van der Waals surface area (Å²) in [7, 11) is 0. The van der Waals surface area contributed by atoms with Crippen LogP contribution >= 0.6 is 0 Å². The molecule has 4 nitrogen and oxygen atoms in total. The molecule has 1 heterocycles. The van der Waals surface area contributed by atoms with E-state index in [2.05, 4.69) is 10.3 Å². The van der Waals surface area contributed by atoms with Gasteiger partial charge in [-0.15, -0.1) is 5.10 Å². The quantitative estimate of drug-likeness (QED) is 0.865. The first kappa shape index (κ1) is 11.7. The number of hydrogen-bond donors (Lipinski definition) is 1. The highest BCUT2D eigenvalue weighted by Crippen LogP contribution is 2.19. The van der Waals surface area contributed by atoms with Gasteiger partial charge >= 0.3 is 0 Å². The molecule has 0 amide bonds. The van der Waals surface area contributed by atoms with Crippen LogP contribution in [0.1, 0.15) is 29.9 Å². The summed E-state index contributed by atoms with van der Waals surface area (Å²) < 4.78 is 15.2. The topological polar surface area (TPSA) is 56.7 Å². The summed E-state index contributed by atoms with van der Waals surface area (Å²) in [5.41, 5.74) is 8.59. The molecule has 0 saturated carbocycles. The van der Waals surface area contributed by atoms with Crippen LogP contribution in [0.5, 0.6) is 0 Å². The molecule has 0 bridgehead atoms. The van der Waals surface area contributed by atoms with E-state index in [0.29, 0.717) is 11.4 Å². The molecule has 0 aliphatic heterocycles. The third kappa shape index (κ3) is 2.06. The Morgan fingerprint density at radius 2 is 2.06 bits per heavy atom. The van der Waals surface area contributed by atoms with Crippen LogP contribution in [0.3, 0.4) is 0 Å². The summed E-state index contributed by atoms with van der Waals surface area (Å²) in [6.45, 7) is 5.57. The molecule has 1 atom stereocenters. The molecule has 0 saturated heterocycles. The monoisotopic (exact) mass is 234 g/mol. The largest absolute Gasteiger partial charge is 0.323 e. The average Bonchev–Trinajstić information content (AvgIpc) is 2.64. The van der Waals surface area contributed by atoms with Gasteiger partial charge in [-0.3, -0.25) is 0 Å². The van der Waals surface area contributed by atoms with Gasteiger partial charge < -0.3 is 5.73 Å². The SMILES string of the molecule is Cc1ccc(F)c(-n2nnc(C(C)N)c2C)c1. The van der Waals surface area contributed by atoms with Gasteiger partial charge in [0.15, 0.2) is 0 Å². The summed E-state index contributed by atoms with van der Waals surface area (Å²) in [6, 6.07) is 4.67. The Balaban J connectivity index is 2.57. The fourth-order valence-corrected chi connectivity index (χ4v) is 1.78. The summed E-state index contributed by atoms with van der Waals surface area (Å²) in [4.78, 5) is 0. The van der Waals surface area contributed by atoms with E-state index in [-0.39, 0.29) is 11.9 Å². The number of nitrogens with zero attached hydrogens (tertiary/aromatic N) is 3. The number of rotatable bonds is 2. The molecule has 17 heavy (non-hydrogen) atoms. The van der Waals surface area contributed by atoms with Crippen molar-refractivity contribution in [3.63, 3.8) is 0 Å². The van der Waals surface area contributed by atoms with Crippen molar-refractivity contribution < 1.29 is 4.39 Å². The lowest BCUT2D eigenvalue weighted by atomic mass is 10.2. The fourth-order valence-electron chi connectivity index (χ4n) is 1.78. The molecule has 0 fully saturated rings. The van der Waals surface area contributed by atoms with Gasteiger partial charge in [0.05, 0.1) is 5.69 Å². The van der Waals surface area contributed by atoms with Crippen LogP contribution in [-0.4, -0.2) is 15.0 Å². The van der Waals surface area contributed by atoms with E-state index in [4.69, 9.17) is 5.73 Å². The zero-order valence-electron chi connectivity index (χ0n) is 10.1. The van der Waals surface area contributed by atoms with E-state index >= 15 is 0 Å². The minimum absolute atomic E-state index is 0.211. The van der Waals surface area contributed by atoms with E-state index in [0.717, 1.165) is 11.3 Å². The molecule has 90 valence electrons. The molecule has 2 aromatic rings. The Hall–Kier alpha value is -1.75. The number of nitrogens with two attached hydrogens (primary N) is 1. The van der Waals surface area contributed by atoms with Gasteiger partial charge in [-0.1, -0.05) is 11.3 Å². The van der Waals surface area contributed by atoms with E-state index < -0.39 is 0 Å². The minimum atomic E-state index is -0.320. The summed E-state index contributed by atoms with van der Waals surface area (Å²) in [5.74, 6) is -0.320. The lowest BCUT2D eigenvalue weighted by Crippen LogP contribution is -2.08. The lowest BCUT2D eigenvalue weighted by molar-refractivity contribution is 0.604. The molecule has 2 N–H and O–H groups in total. The van der Waals surface area contributed by atoms with Crippen molar-refractivity contribution in [2.75, 3.05) is 0 Å². The number of benzene rings is 1. The molecular weight excluding hydrogens is 219 g/mol. The highest BCUT2D eigenvalue weighted by atomic mass is 19.1. The number of aryl methyl sites for hydroxylation is 1. The van der Waals surface area contributed by atoms with E-state index in [1.165, 1.54) is 10.7 Å². The minimum Gasteiger partial charge on any atom is -0.323 e. The second kappa shape index (κ2) is 4.25. The maximum absolute atomic E-state index is 13.7. The third-order valence-electron chi connectivity index (χ3n) is 2.69. The van der Waals surface area contributed by atoms with Gasteiger partial charge in [-0.05, 0) is 38.5 Å². The van der Waals surface area contributed by atoms with Crippen LogP contribution in [0.4, 0.5) is 4.39 Å². The Bertz CT molecular complexity index is 545. The zero-order chi connectivity index (χ0) is 12.6. The second-order valence-corrected chi connectivity index (χ2v) is 4.22. The van der Waals surface area contributed by atoms with Crippen molar-refractivity contribution in [2.24, 2.45) is 5.73 Å². The Kier molecular flexibility index (Phi) is 2.93. The van der Waals surface area contributed by atoms with Gasteiger partial charge in [0.2, 0.25) is 0 Å². The summed E-state index contributed by atoms with van der Waals surface area (Å²) in [6.07, 6.45) is 0. The van der Waals surface area contributed by atoms with Crippen molar-refractivity contribution in [3.05, 3.63) is 41.0 Å². The first-order valence-electron chi connectivity index (χ1n) is 5.45. The van der Waals surface area contributed by atoms with Crippen LogP contribution in [-0.2, 0) is 0 Å². The van der Waals surface area contributed by atoms with Crippen LogP contribution in [0.2, 0.25) is 0 Å². The first-order valence-corrected chi connectivity index (χ1v) is 5.45. The summed E-state index contributed by atoms with van der Waals surface area (Å²) in [5, 5.41) is 7.94. The lowest BCUT2D eigenvalue weighted by Gasteiger charge is -2.07. The standard InChI is InChI=1S/C12H15FN4/c1-7-4-5-10(13)11(6-7)17-9(3)12(8(2)14)15-16-17/h4-6,8H,14H2,1-3H3. The van der Waals surface area contributed by atoms with Crippen molar-refractivity contribution in [1.29, 1.82) is 0 Å². The second-order valence-electron chi connectivity index (χ2n) is 4.22. The average molecular weight is 234 g/mol. The molecular formula is C12H15FN4. The Morgan fingerprint density at radius 3 is 2.65 bits per heavy atom. The number of hydrogen-bond acceptors (Lipinski definition) is 3. The smallest absolute Gasteiger partial charge is 0.148 e. The highest BCUT2D eigenvalue weighted by Gasteiger charge is 2.15. The van der Waals surface area contributed by atoms with Gasteiger partial charge in [0.1, 0.15) is 17.2 Å². The first-order chi connectivity index (χ1) is 8.00. The molecule has 1 unspecified atom stereocenters. The van der Waals surface area contributed by atoms with Crippen LogP contribution in [0.25, 0.3) is 5.69 Å². The molecule has 5 heteroatoms. The number of halogens is 1. The van der Waals surface area contributed by atoms with Crippen LogP contribution < -0.4 is 5.73 Å². The van der Waals surface area contributed by atoms with Crippen LogP contribution in [0, 0.1) is 19.7 Å². The van der Waals surface area contributed by atoms with Crippen LogP contribution in [0.15, 0.2) is 18.2 Å². The normalized spacial score (nSPS) is 12.8. The van der Waals surface area contributed by atoms with Gasteiger partial charge in [-0.2, -0.15) is 0 Å². The summed E-state index contributed by atoms with van der Waals surface area (Å²) >= 11 is 0. The molecule has 1 aromatic carbocycles. The van der Waals surface area contributed by atoms with E-state index in [1.807, 2.05) is 20.8 Å². The molecule has 0 aliphatic rings. The maximum atomic E-state index is 13.7. The molecule has 0 aliphatic carbocycles. The van der Waals surface area contributed by atoms with Crippen molar-refractivity contribution in [1.82, 2.24) is 15.0 Å². The molecule has 0 radical (unpaired) electrons. The van der Waals surface area contributed by atoms with E-state index in [1.54, 1.807) is 12.1 Å². The molecule has 1 aromatic heterocycles. The zero-order valence-corrected chi connectivity index (χ0v) is 10.1. The molecule has 2 rings (SSSR count). The van der Waals surface area contributed by atoms with E-state index in [9.17, 15) is 4.39 Å².